The van der Waals surface area contributed by atoms with Crippen molar-refractivity contribution in [3.63, 3.8) is 0 Å². The van der Waals surface area contributed by atoms with Crippen LogP contribution in [0.4, 0.5) is 11.5 Å². The second-order valence-electron chi connectivity index (χ2n) is 4.84. The first kappa shape index (κ1) is 15.6. The number of hydrogen-bond acceptors (Lipinski definition) is 3. The first-order chi connectivity index (χ1) is 9.86. The summed E-state index contributed by atoms with van der Waals surface area (Å²) in [6.07, 6.45) is 0. The van der Waals surface area contributed by atoms with Crippen molar-refractivity contribution >= 4 is 40.6 Å². The summed E-state index contributed by atoms with van der Waals surface area (Å²) >= 11 is 11.9. The molecule has 0 radical (unpaired) electrons. The number of nitrogens with one attached hydrogen (secondary N) is 1. The third kappa shape index (κ3) is 3.86. The zero-order chi connectivity index (χ0) is 15.6. The molecule has 0 aliphatic heterocycles. The number of anilines is 2. The van der Waals surface area contributed by atoms with Crippen molar-refractivity contribution in [1.82, 2.24) is 4.98 Å². The molecule has 0 spiro atoms. The molecule has 0 saturated carbocycles. The standard InChI is InChI=1S/C15H15Cl2N3O/c1-9-6-11(16)4-5-12(9)18-15(21)10-7-13(17)19-14(8-10)20(2)3/h4-8H,1-3H3,(H,18,21). The maximum Gasteiger partial charge on any atom is 0.255 e. The highest BCUT2D eigenvalue weighted by Crippen LogP contribution is 2.22. The highest BCUT2D eigenvalue weighted by molar-refractivity contribution is 6.31. The Labute approximate surface area is 133 Å². The van der Waals surface area contributed by atoms with Gasteiger partial charge in [-0.25, -0.2) is 4.98 Å². The molecule has 0 aliphatic rings. The van der Waals surface area contributed by atoms with E-state index in [1.807, 2.05) is 21.0 Å². The molecule has 0 aliphatic carbocycles. The van der Waals surface area contributed by atoms with Crippen molar-refractivity contribution in [2.45, 2.75) is 6.92 Å². The number of pyridine rings is 1. The molecule has 1 heterocycles. The Bertz CT molecular complexity index is 687. The minimum absolute atomic E-state index is 0.243. The summed E-state index contributed by atoms with van der Waals surface area (Å²) in [6, 6.07) is 8.52. The van der Waals surface area contributed by atoms with Crippen LogP contribution in [0.1, 0.15) is 15.9 Å². The third-order valence-electron chi connectivity index (χ3n) is 2.94. The van der Waals surface area contributed by atoms with E-state index in [-0.39, 0.29) is 11.1 Å². The van der Waals surface area contributed by atoms with Crippen LogP contribution in [0.2, 0.25) is 10.2 Å². The van der Waals surface area contributed by atoms with Gasteiger partial charge in [-0.05, 0) is 42.8 Å². The number of aryl methyl sites for hydroxylation is 1. The Hall–Kier alpha value is -1.78. The largest absolute Gasteiger partial charge is 0.363 e. The third-order valence-corrected chi connectivity index (χ3v) is 3.37. The van der Waals surface area contributed by atoms with Crippen molar-refractivity contribution in [2.75, 3.05) is 24.3 Å². The van der Waals surface area contributed by atoms with Crippen molar-refractivity contribution in [1.29, 1.82) is 0 Å². The first-order valence-electron chi connectivity index (χ1n) is 6.29. The summed E-state index contributed by atoms with van der Waals surface area (Å²) in [7, 11) is 3.67. The molecular weight excluding hydrogens is 309 g/mol. The molecule has 4 nitrogen and oxygen atoms in total. The number of amides is 1. The van der Waals surface area contributed by atoms with Gasteiger partial charge in [0.15, 0.2) is 0 Å². The van der Waals surface area contributed by atoms with Crippen LogP contribution in [-0.2, 0) is 0 Å². The average Bonchev–Trinajstić information content (AvgIpc) is 2.41. The molecule has 2 aromatic rings. The van der Waals surface area contributed by atoms with Crippen molar-refractivity contribution in [3.8, 4) is 0 Å². The van der Waals surface area contributed by atoms with E-state index in [9.17, 15) is 4.79 Å². The van der Waals surface area contributed by atoms with Crippen LogP contribution in [0.5, 0.6) is 0 Å². The molecule has 0 unspecified atom stereocenters. The summed E-state index contributed by atoms with van der Waals surface area (Å²) in [5.74, 6) is 0.383. The first-order valence-corrected chi connectivity index (χ1v) is 7.05. The van der Waals surface area contributed by atoms with Crippen molar-refractivity contribution in [3.05, 3.63) is 51.6 Å². The molecule has 6 heteroatoms. The molecule has 0 bridgehead atoms. The van der Waals surface area contributed by atoms with Crippen LogP contribution in [0.15, 0.2) is 30.3 Å². The second-order valence-corrected chi connectivity index (χ2v) is 5.67. The van der Waals surface area contributed by atoms with Gasteiger partial charge in [-0.2, -0.15) is 0 Å². The van der Waals surface area contributed by atoms with Crippen LogP contribution in [0.25, 0.3) is 0 Å². The Morgan fingerprint density at radius 1 is 1.19 bits per heavy atom. The lowest BCUT2D eigenvalue weighted by Crippen LogP contribution is -2.16. The fourth-order valence-electron chi connectivity index (χ4n) is 1.81. The lowest BCUT2D eigenvalue weighted by atomic mass is 10.2. The van der Waals surface area contributed by atoms with Gasteiger partial charge < -0.3 is 10.2 Å². The summed E-state index contributed by atoms with van der Waals surface area (Å²) in [5, 5.41) is 3.75. The second kappa shape index (κ2) is 6.33. The van der Waals surface area contributed by atoms with Crippen LogP contribution in [0, 0.1) is 6.92 Å². The Morgan fingerprint density at radius 2 is 1.90 bits per heavy atom. The highest BCUT2D eigenvalue weighted by Gasteiger charge is 2.12. The molecule has 1 aromatic heterocycles. The van der Waals surface area contributed by atoms with Gasteiger partial charge in [-0.1, -0.05) is 23.2 Å². The van der Waals surface area contributed by atoms with Crippen molar-refractivity contribution < 1.29 is 4.79 Å². The molecule has 2 rings (SSSR count). The minimum atomic E-state index is -0.243. The van der Waals surface area contributed by atoms with Crippen LogP contribution in [0.3, 0.4) is 0 Å². The average molecular weight is 324 g/mol. The molecule has 0 saturated heterocycles. The van der Waals surface area contributed by atoms with E-state index in [0.717, 1.165) is 5.56 Å². The molecule has 110 valence electrons. The molecule has 1 aromatic carbocycles. The number of halogens is 2. The molecule has 1 N–H and O–H groups in total. The molecular formula is C15H15Cl2N3O. The smallest absolute Gasteiger partial charge is 0.255 e. The molecule has 21 heavy (non-hydrogen) atoms. The van der Waals surface area contributed by atoms with Gasteiger partial charge in [0.1, 0.15) is 11.0 Å². The zero-order valence-electron chi connectivity index (χ0n) is 11.9. The maximum atomic E-state index is 12.3. The quantitative estimate of drug-likeness (QED) is 0.868. The predicted octanol–water partition coefficient (Wildman–Crippen LogP) is 4.02. The zero-order valence-corrected chi connectivity index (χ0v) is 13.5. The van der Waals surface area contributed by atoms with E-state index >= 15 is 0 Å². The van der Waals surface area contributed by atoms with Crippen LogP contribution < -0.4 is 10.2 Å². The summed E-state index contributed by atoms with van der Waals surface area (Å²) < 4.78 is 0. The number of carbonyl (C=O) groups is 1. The number of aromatic nitrogens is 1. The van der Waals surface area contributed by atoms with E-state index in [0.29, 0.717) is 22.1 Å². The van der Waals surface area contributed by atoms with Gasteiger partial charge >= 0.3 is 0 Å². The van der Waals surface area contributed by atoms with Gasteiger partial charge in [-0.15, -0.1) is 0 Å². The van der Waals surface area contributed by atoms with Gasteiger partial charge in [0.2, 0.25) is 0 Å². The Kier molecular flexibility index (Phi) is 4.70. The van der Waals surface area contributed by atoms with E-state index in [2.05, 4.69) is 10.3 Å². The van der Waals surface area contributed by atoms with Crippen LogP contribution >= 0.6 is 23.2 Å². The van der Waals surface area contributed by atoms with Crippen LogP contribution in [-0.4, -0.2) is 25.0 Å². The van der Waals surface area contributed by atoms with Gasteiger partial charge in [0.25, 0.3) is 5.91 Å². The number of benzene rings is 1. The molecule has 1 amide bonds. The van der Waals surface area contributed by atoms with E-state index in [1.54, 1.807) is 29.2 Å². The monoisotopic (exact) mass is 323 g/mol. The lowest BCUT2D eigenvalue weighted by Gasteiger charge is -2.13. The highest BCUT2D eigenvalue weighted by atomic mass is 35.5. The summed E-state index contributed by atoms with van der Waals surface area (Å²) in [5.41, 5.74) is 2.06. The number of nitrogens with zero attached hydrogens (tertiary/aromatic N) is 2. The van der Waals surface area contributed by atoms with E-state index in [1.165, 1.54) is 6.07 Å². The number of carbonyl (C=O) groups excluding carboxylic acids is 1. The molecule has 0 atom stereocenters. The van der Waals surface area contributed by atoms with E-state index < -0.39 is 0 Å². The molecule has 0 fully saturated rings. The van der Waals surface area contributed by atoms with Gasteiger partial charge in [0.05, 0.1) is 0 Å². The normalized spacial score (nSPS) is 10.3. The fourth-order valence-corrected chi connectivity index (χ4v) is 2.24. The number of hydrogen-bond donors (Lipinski definition) is 1. The fraction of sp³-hybridized carbons (Fsp3) is 0.200. The Morgan fingerprint density at radius 3 is 2.52 bits per heavy atom. The summed E-state index contributed by atoms with van der Waals surface area (Å²) in [4.78, 5) is 18.3. The number of rotatable bonds is 3. The summed E-state index contributed by atoms with van der Waals surface area (Å²) in [6.45, 7) is 1.88. The SMILES string of the molecule is Cc1cc(Cl)ccc1NC(=O)c1cc(Cl)nc(N(C)C)c1. The lowest BCUT2D eigenvalue weighted by molar-refractivity contribution is 0.102. The topological polar surface area (TPSA) is 45.2 Å². The maximum absolute atomic E-state index is 12.3. The minimum Gasteiger partial charge on any atom is -0.363 e. The van der Waals surface area contributed by atoms with E-state index in [4.69, 9.17) is 23.2 Å². The Balaban J connectivity index is 2.28. The predicted molar refractivity (Wildman–Crippen MR) is 87.7 cm³/mol. The van der Waals surface area contributed by atoms with Gasteiger partial charge in [-0.3, -0.25) is 4.79 Å². The van der Waals surface area contributed by atoms with Gasteiger partial charge in [0, 0.05) is 30.4 Å². The van der Waals surface area contributed by atoms with Crippen molar-refractivity contribution in [2.24, 2.45) is 0 Å².